The van der Waals surface area contributed by atoms with Gasteiger partial charge in [-0.15, -0.1) is 0 Å². The van der Waals surface area contributed by atoms with Crippen molar-refractivity contribution >= 4 is 17.4 Å². The number of carbonyl (C=O) groups is 1. The molecule has 1 aromatic carbocycles. The van der Waals surface area contributed by atoms with Crippen LogP contribution in [0.5, 0.6) is 0 Å². The minimum atomic E-state index is -4.66. The van der Waals surface area contributed by atoms with Gasteiger partial charge in [-0.2, -0.15) is 18.4 Å². The third kappa shape index (κ3) is 4.70. The molecule has 0 bridgehead atoms. The second-order valence-corrected chi connectivity index (χ2v) is 8.47. The Morgan fingerprint density at radius 2 is 1.94 bits per heavy atom. The van der Waals surface area contributed by atoms with E-state index in [0.29, 0.717) is 47.4 Å². The first-order chi connectivity index (χ1) is 16.0. The highest BCUT2D eigenvalue weighted by atomic mass is 19.4. The number of nitrogens with zero attached hydrogens (tertiary/aromatic N) is 4. The minimum absolute atomic E-state index is 0.173. The largest absolute Gasteiger partial charge is 0.433 e. The molecule has 1 amide bonds. The maximum atomic E-state index is 12.9. The van der Waals surface area contributed by atoms with E-state index in [0.717, 1.165) is 11.8 Å². The molecule has 2 N–H and O–H groups in total. The van der Waals surface area contributed by atoms with Crippen molar-refractivity contribution in [3.63, 3.8) is 0 Å². The first kappa shape index (κ1) is 23.2. The smallest absolute Gasteiger partial charge is 0.386 e. The molecular weight excluding hydrogens is 447 g/mol. The van der Waals surface area contributed by atoms with Gasteiger partial charge in [0, 0.05) is 42.3 Å². The lowest BCUT2D eigenvalue weighted by Crippen LogP contribution is -2.60. The van der Waals surface area contributed by atoms with Crippen LogP contribution >= 0.6 is 0 Å². The van der Waals surface area contributed by atoms with Crippen LogP contribution in [0.3, 0.4) is 0 Å². The zero-order chi connectivity index (χ0) is 24.7. The van der Waals surface area contributed by atoms with E-state index in [-0.39, 0.29) is 5.56 Å². The number of hydrogen-bond donors (Lipinski definition) is 2. The fourth-order valence-electron chi connectivity index (χ4n) is 3.81. The second-order valence-electron chi connectivity index (χ2n) is 8.47. The van der Waals surface area contributed by atoms with Crippen LogP contribution in [-0.2, 0) is 6.18 Å². The van der Waals surface area contributed by atoms with Gasteiger partial charge in [-0.1, -0.05) is 6.07 Å². The predicted molar refractivity (Wildman–Crippen MR) is 119 cm³/mol. The van der Waals surface area contributed by atoms with Crippen LogP contribution in [0.25, 0.3) is 11.1 Å². The highest BCUT2D eigenvalue weighted by Gasteiger charge is 2.38. The van der Waals surface area contributed by atoms with Crippen molar-refractivity contribution in [2.45, 2.75) is 25.6 Å². The summed E-state index contributed by atoms with van der Waals surface area (Å²) in [5.74, 6) is -0.225. The third-order valence-electron chi connectivity index (χ3n) is 5.47. The van der Waals surface area contributed by atoms with Crippen LogP contribution in [0.1, 0.15) is 34.1 Å². The van der Waals surface area contributed by atoms with Crippen LogP contribution in [0.2, 0.25) is 0 Å². The molecule has 174 valence electrons. The Labute approximate surface area is 193 Å². The van der Waals surface area contributed by atoms with E-state index in [1.54, 1.807) is 37.4 Å². The number of aliphatic hydroxyl groups is 1. The van der Waals surface area contributed by atoms with Gasteiger partial charge in [-0.3, -0.25) is 9.78 Å². The Morgan fingerprint density at radius 1 is 1.21 bits per heavy atom. The fraction of sp³-hybridized carbons (Fsp3) is 0.250. The monoisotopic (exact) mass is 467 g/mol. The number of hydrogen-bond acceptors (Lipinski definition) is 6. The Hall–Kier alpha value is -3.97. The van der Waals surface area contributed by atoms with Gasteiger partial charge < -0.3 is 15.3 Å². The first-order valence-corrected chi connectivity index (χ1v) is 10.3. The molecule has 2 aromatic heterocycles. The van der Waals surface area contributed by atoms with Crippen LogP contribution in [0, 0.1) is 18.3 Å². The average molecular weight is 467 g/mol. The SMILES string of the molecule is Cc1ccc(NC(=O)c2ccnc(C(F)(F)F)c2)cc1-c1cnc(N2CC(C)(O)C2)c(C#N)c1. The number of rotatable bonds is 4. The van der Waals surface area contributed by atoms with Crippen LogP contribution in [-0.4, -0.2) is 39.7 Å². The van der Waals surface area contributed by atoms with E-state index in [2.05, 4.69) is 21.4 Å². The van der Waals surface area contributed by atoms with Gasteiger partial charge in [0.25, 0.3) is 5.91 Å². The van der Waals surface area contributed by atoms with E-state index in [9.17, 15) is 28.3 Å². The molecule has 4 rings (SSSR count). The van der Waals surface area contributed by atoms with Gasteiger partial charge in [0.05, 0.1) is 11.2 Å². The molecule has 0 aliphatic carbocycles. The van der Waals surface area contributed by atoms with Gasteiger partial charge in [0.15, 0.2) is 0 Å². The standard InChI is InChI=1S/C24H20F3N5O2/c1-14-3-4-18(31-22(33)15-5-6-29-20(8-15)24(25,26)27)9-19(14)17-7-16(10-28)21(30-11-17)32-12-23(2,34)13-32/h3-9,11,34H,12-13H2,1-2H3,(H,31,33). The molecule has 7 nitrogen and oxygen atoms in total. The van der Waals surface area contributed by atoms with Crippen LogP contribution < -0.4 is 10.2 Å². The molecule has 0 radical (unpaired) electrons. The number of carbonyl (C=O) groups excluding carboxylic acids is 1. The quantitative estimate of drug-likeness (QED) is 0.597. The van der Waals surface area contributed by atoms with Crippen molar-refractivity contribution < 1.29 is 23.1 Å². The van der Waals surface area contributed by atoms with E-state index < -0.39 is 23.4 Å². The number of aromatic nitrogens is 2. The van der Waals surface area contributed by atoms with Gasteiger partial charge in [-0.25, -0.2) is 4.98 Å². The molecule has 0 unspecified atom stereocenters. The van der Waals surface area contributed by atoms with E-state index in [1.807, 2.05) is 11.8 Å². The van der Waals surface area contributed by atoms with Crippen molar-refractivity contribution in [2.24, 2.45) is 0 Å². The summed E-state index contributed by atoms with van der Waals surface area (Å²) in [4.78, 5) is 22.0. The number of halogens is 3. The molecule has 34 heavy (non-hydrogen) atoms. The predicted octanol–water partition coefficient (Wildman–Crippen LogP) is 4.17. The molecule has 1 fully saturated rings. The van der Waals surface area contributed by atoms with Crippen LogP contribution in [0.15, 0.2) is 48.8 Å². The van der Waals surface area contributed by atoms with Gasteiger partial charge >= 0.3 is 6.18 Å². The number of β-amino-alcohol motifs (C(OH)–C–C–N with tert-alkyl or cyclic N) is 1. The number of nitrogens with one attached hydrogen (secondary N) is 1. The van der Waals surface area contributed by atoms with E-state index in [1.165, 1.54) is 6.07 Å². The molecule has 0 atom stereocenters. The summed E-state index contributed by atoms with van der Waals surface area (Å²) in [7, 11) is 0. The average Bonchev–Trinajstić information content (AvgIpc) is 2.77. The topological polar surface area (TPSA) is 102 Å². The summed E-state index contributed by atoms with van der Waals surface area (Å²) in [6.07, 6.45) is -2.11. The summed E-state index contributed by atoms with van der Waals surface area (Å²) < 4.78 is 38.7. The van der Waals surface area contributed by atoms with Gasteiger partial charge in [-0.05, 0) is 55.3 Å². The highest BCUT2D eigenvalue weighted by Crippen LogP contribution is 2.33. The van der Waals surface area contributed by atoms with Crippen LogP contribution in [0.4, 0.5) is 24.7 Å². The van der Waals surface area contributed by atoms with Crippen molar-refractivity contribution in [3.8, 4) is 17.2 Å². The molecule has 0 spiro atoms. The lowest BCUT2D eigenvalue weighted by molar-refractivity contribution is -0.141. The minimum Gasteiger partial charge on any atom is -0.386 e. The Balaban J connectivity index is 1.59. The number of pyridine rings is 2. The Kier molecular flexibility index (Phi) is 5.75. The normalized spacial score (nSPS) is 14.8. The lowest BCUT2D eigenvalue weighted by Gasteiger charge is -2.45. The highest BCUT2D eigenvalue weighted by molar-refractivity contribution is 6.04. The molecule has 1 aliphatic rings. The zero-order valence-corrected chi connectivity index (χ0v) is 18.3. The zero-order valence-electron chi connectivity index (χ0n) is 18.3. The number of nitriles is 1. The van der Waals surface area contributed by atoms with Crippen molar-refractivity contribution in [1.29, 1.82) is 5.26 Å². The second kappa shape index (κ2) is 8.43. The maximum Gasteiger partial charge on any atom is 0.433 e. The molecule has 1 saturated heterocycles. The molecule has 10 heteroatoms. The Bertz CT molecular complexity index is 1310. The van der Waals surface area contributed by atoms with E-state index >= 15 is 0 Å². The summed E-state index contributed by atoms with van der Waals surface area (Å²) in [5, 5.41) is 22.2. The number of aryl methyl sites for hydroxylation is 1. The molecule has 3 heterocycles. The van der Waals surface area contributed by atoms with Crippen molar-refractivity contribution in [3.05, 3.63) is 71.2 Å². The first-order valence-electron chi connectivity index (χ1n) is 10.3. The molecule has 0 saturated carbocycles. The fourth-order valence-corrected chi connectivity index (χ4v) is 3.81. The van der Waals surface area contributed by atoms with E-state index in [4.69, 9.17) is 0 Å². The van der Waals surface area contributed by atoms with Crippen molar-refractivity contribution in [2.75, 3.05) is 23.3 Å². The number of alkyl halides is 3. The Morgan fingerprint density at radius 3 is 2.59 bits per heavy atom. The maximum absolute atomic E-state index is 12.9. The van der Waals surface area contributed by atoms with Gasteiger partial charge in [0.2, 0.25) is 0 Å². The third-order valence-corrected chi connectivity index (χ3v) is 5.47. The van der Waals surface area contributed by atoms with Gasteiger partial charge in [0.1, 0.15) is 17.6 Å². The molecular formula is C24H20F3N5O2. The number of benzene rings is 1. The lowest BCUT2D eigenvalue weighted by atomic mass is 9.95. The summed E-state index contributed by atoms with van der Waals surface area (Å²) in [5.41, 5.74) is 0.781. The molecule has 3 aromatic rings. The van der Waals surface area contributed by atoms with Crippen molar-refractivity contribution in [1.82, 2.24) is 9.97 Å². The number of anilines is 2. The summed E-state index contributed by atoms with van der Waals surface area (Å²) in [6.45, 7) is 4.31. The summed E-state index contributed by atoms with van der Waals surface area (Å²) >= 11 is 0. The molecule has 1 aliphatic heterocycles. The summed E-state index contributed by atoms with van der Waals surface area (Å²) in [6, 6.07) is 10.8. The number of amides is 1.